The molecular weight excluding hydrogens is 384 g/mol. The molecule has 1 unspecified atom stereocenters. The fourth-order valence-electron chi connectivity index (χ4n) is 2.31. The summed E-state index contributed by atoms with van der Waals surface area (Å²) >= 11 is 3.40. The van der Waals surface area contributed by atoms with E-state index < -0.39 is 5.97 Å². The van der Waals surface area contributed by atoms with Crippen molar-refractivity contribution < 1.29 is 14.3 Å². The zero-order valence-corrected chi connectivity index (χ0v) is 16.0. The van der Waals surface area contributed by atoms with Gasteiger partial charge in [-0.25, -0.2) is 4.79 Å². The number of aryl methyl sites for hydroxylation is 1. The number of ether oxygens (including phenoxy) is 1. The Balaban J connectivity index is 1.96. The van der Waals surface area contributed by atoms with Gasteiger partial charge in [-0.15, -0.1) is 0 Å². The molecule has 1 amide bonds. The van der Waals surface area contributed by atoms with Gasteiger partial charge in [0.2, 0.25) is 5.91 Å². The number of amides is 1. The van der Waals surface area contributed by atoms with Gasteiger partial charge in [0.05, 0.1) is 19.2 Å². The van der Waals surface area contributed by atoms with Crippen LogP contribution in [0.15, 0.2) is 46.9 Å². The molecule has 0 aliphatic rings. The molecule has 5 nitrogen and oxygen atoms in total. The summed E-state index contributed by atoms with van der Waals surface area (Å²) in [5.74, 6) is -0.605. The van der Waals surface area contributed by atoms with Crippen LogP contribution in [0.3, 0.4) is 0 Å². The van der Waals surface area contributed by atoms with E-state index in [0.717, 1.165) is 15.6 Å². The predicted molar refractivity (Wildman–Crippen MR) is 102 cm³/mol. The van der Waals surface area contributed by atoms with Crippen LogP contribution in [-0.2, 0) is 9.53 Å². The summed E-state index contributed by atoms with van der Waals surface area (Å²) in [5.41, 5.74) is 2.98. The van der Waals surface area contributed by atoms with Gasteiger partial charge >= 0.3 is 5.97 Å². The number of hydrogen-bond acceptors (Lipinski definition) is 4. The molecule has 25 heavy (non-hydrogen) atoms. The van der Waals surface area contributed by atoms with Crippen LogP contribution in [0, 0.1) is 6.92 Å². The Labute approximate surface area is 155 Å². The number of esters is 1. The van der Waals surface area contributed by atoms with E-state index in [1.807, 2.05) is 38.1 Å². The molecule has 2 aromatic rings. The van der Waals surface area contributed by atoms with Gasteiger partial charge in [0.15, 0.2) is 0 Å². The Hall–Kier alpha value is -2.18. The molecule has 0 saturated heterocycles. The SMILES string of the molecule is COC(=O)c1ccc(C)c(NC(=O)CNC(C)c2ccc(Br)cc2)c1. The lowest BCUT2D eigenvalue weighted by Crippen LogP contribution is -2.30. The molecule has 132 valence electrons. The minimum Gasteiger partial charge on any atom is -0.465 e. The molecule has 2 N–H and O–H groups in total. The predicted octanol–water partition coefficient (Wildman–Crippen LogP) is 3.83. The Morgan fingerprint density at radius 2 is 1.84 bits per heavy atom. The van der Waals surface area contributed by atoms with Gasteiger partial charge in [-0.2, -0.15) is 0 Å². The highest BCUT2D eigenvalue weighted by Crippen LogP contribution is 2.18. The van der Waals surface area contributed by atoms with Crippen molar-refractivity contribution in [3.63, 3.8) is 0 Å². The number of halogens is 1. The Morgan fingerprint density at radius 3 is 2.48 bits per heavy atom. The zero-order valence-electron chi connectivity index (χ0n) is 14.4. The second-order valence-corrected chi connectivity index (χ2v) is 6.64. The first-order valence-corrected chi connectivity index (χ1v) is 8.67. The van der Waals surface area contributed by atoms with E-state index in [1.54, 1.807) is 18.2 Å². The number of nitrogens with one attached hydrogen (secondary N) is 2. The standard InChI is InChI=1S/C19H21BrN2O3/c1-12-4-5-15(19(24)25-3)10-17(12)22-18(23)11-21-13(2)14-6-8-16(20)9-7-14/h4-10,13,21H,11H2,1-3H3,(H,22,23). The lowest BCUT2D eigenvalue weighted by molar-refractivity contribution is -0.115. The minimum atomic E-state index is -0.433. The van der Waals surface area contributed by atoms with Gasteiger partial charge in [-0.3, -0.25) is 4.79 Å². The van der Waals surface area contributed by atoms with Crippen molar-refractivity contribution in [1.82, 2.24) is 5.32 Å². The van der Waals surface area contributed by atoms with E-state index in [1.165, 1.54) is 7.11 Å². The highest BCUT2D eigenvalue weighted by atomic mass is 79.9. The van der Waals surface area contributed by atoms with Crippen LogP contribution in [0.5, 0.6) is 0 Å². The molecule has 1 atom stereocenters. The summed E-state index contributed by atoms with van der Waals surface area (Å²) in [4.78, 5) is 23.8. The quantitative estimate of drug-likeness (QED) is 0.717. The summed E-state index contributed by atoms with van der Waals surface area (Å²) in [6.07, 6.45) is 0. The van der Waals surface area contributed by atoms with Crippen molar-refractivity contribution in [3.05, 3.63) is 63.6 Å². The van der Waals surface area contributed by atoms with E-state index in [-0.39, 0.29) is 18.5 Å². The van der Waals surface area contributed by atoms with Crippen LogP contribution >= 0.6 is 15.9 Å². The molecule has 2 aromatic carbocycles. The fourth-order valence-corrected chi connectivity index (χ4v) is 2.58. The lowest BCUT2D eigenvalue weighted by atomic mass is 10.1. The third kappa shape index (κ3) is 5.41. The molecule has 0 saturated carbocycles. The lowest BCUT2D eigenvalue weighted by Gasteiger charge is -2.15. The summed E-state index contributed by atoms with van der Waals surface area (Å²) in [7, 11) is 1.33. The average Bonchev–Trinajstić information content (AvgIpc) is 2.61. The van der Waals surface area contributed by atoms with Gasteiger partial charge in [-0.05, 0) is 49.2 Å². The number of methoxy groups -OCH3 is 1. The largest absolute Gasteiger partial charge is 0.465 e. The number of carbonyl (C=O) groups excluding carboxylic acids is 2. The van der Waals surface area contributed by atoms with Gasteiger partial charge in [0.25, 0.3) is 0 Å². The highest BCUT2D eigenvalue weighted by Gasteiger charge is 2.12. The smallest absolute Gasteiger partial charge is 0.337 e. The molecule has 0 bridgehead atoms. The van der Waals surface area contributed by atoms with Gasteiger partial charge in [-0.1, -0.05) is 34.1 Å². The number of anilines is 1. The minimum absolute atomic E-state index is 0.0429. The third-order valence-corrected chi connectivity index (χ3v) is 4.40. The summed E-state index contributed by atoms with van der Waals surface area (Å²) in [5, 5.41) is 6.02. The van der Waals surface area contributed by atoms with Crippen molar-refractivity contribution in [2.24, 2.45) is 0 Å². The molecule has 6 heteroatoms. The topological polar surface area (TPSA) is 67.4 Å². The molecule has 0 spiro atoms. The second kappa shape index (κ2) is 8.78. The van der Waals surface area contributed by atoms with Crippen LogP contribution in [-0.4, -0.2) is 25.5 Å². The Morgan fingerprint density at radius 1 is 1.16 bits per heavy atom. The van der Waals surface area contributed by atoms with Gasteiger partial charge in [0.1, 0.15) is 0 Å². The normalized spacial score (nSPS) is 11.7. The number of hydrogen-bond donors (Lipinski definition) is 2. The summed E-state index contributed by atoms with van der Waals surface area (Å²) in [6, 6.07) is 13.1. The van der Waals surface area contributed by atoms with Gasteiger partial charge in [0, 0.05) is 16.2 Å². The molecule has 0 heterocycles. The highest BCUT2D eigenvalue weighted by molar-refractivity contribution is 9.10. The number of carbonyl (C=O) groups is 2. The van der Waals surface area contributed by atoms with Crippen molar-refractivity contribution in [1.29, 1.82) is 0 Å². The summed E-state index contributed by atoms with van der Waals surface area (Å²) < 4.78 is 5.72. The summed E-state index contributed by atoms with van der Waals surface area (Å²) in [6.45, 7) is 4.04. The monoisotopic (exact) mass is 404 g/mol. The fraction of sp³-hybridized carbons (Fsp3) is 0.263. The third-order valence-electron chi connectivity index (χ3n) is 3.87. The van der Waals surface area contributed by atoms with Gasteiger partial charge < -0.3 is 15.4 Å². The van der Waals surface area contributed by atoms with Crippen molar-refractivity contribution in [2.75, 3.05) is 19.0 Å². The molecule has 0 aliphatic heterocycles. The molecule has 2 rings (SSSR count). The van der Waals surface area contributed by atoms with Crippen LogP contribution in [0.2, 0.25) is 0 Å². The first-order valence-electron chi connectivity index (χ1n) is 7.88. The molecule has 0 aliphatic carbocycles. The van der Waals surface area contributed by atoms with Crippen molar-refractivity contribution in [2.45, 2.75) is 19.9 Å². The average molecular weight is 405 g/mol. The van der Waals surface area contributed by atoms with E-state index >= 15 is 0 Å². The van der Waals surface area contributed by atoms with E-state index in [2.05, 4.69) is 26.6 Å². The van der Waals surface area contributed by atoms with E-state index in [9.17, 15) is 9.59 Å². The van der Waals surface area contributed by atoms with Crippen LogP contribution in [0.4, 0.5) is 5.69 Å². The first kappa shape index (κ1) is 19.1. The molecule has 0 radical (unpaired) electrons. The molecular formula is C19H21BrN2O3. The molecule has 0 fully saturated rings. The molecule has 0 aromatic heterocycles. The maximum Gasteiger partial charge on any atom is 0.337 e. The second-order valence-electron chi connectivity index (χ2n) is 5.72. The maximum absolute atomic E-state index is 12.2. The first-order chi connectivity index (χ1) is 11.9. The van der Waals surface area contributed by atoms with Crippen molar-refractivity contribution >= 4 is 33.5 Å². The maximum atomic E-state index is 12.2. The van der Waals surface area contributed by atoms with Crippen LogP contribution in [0.1, 0.15) is 34.5 Å². The van der Waals surface area contributed by atoms with Crippen LogP contribution in [0.25, 0.3) is 0 Å². The zero-order chi connectivity index (χ0) is 18.4. The number of benzene rings is 2. The van der Waals surface area contributed by atoms with E-state index in [0.29, 0.717) is 11.3 Å². The Bertz CT molecular complexity index is 760. The van der Waals surface area contributed by atoms with Crippen molar-refractivity contribution in [3.8, 4) is 0 Å². The van der Waals surface area contributed by atoms with Crippen LogP contribution < -0.4 is 10.6 Å². The Kier molecular flexibility index (Phi) is 6.73. The number of rotatable bonds is 6. The van der Waals surface area contributed by atoms with E-state index in [4.69, 9.17) is 4.74 Å².